The average Bonchev–Trinajstić information content (AvgIpc) is 3.03. The van der Waals surface area contributed by atoms with Crippen molar-refractivity contribution in [3.8, 4) is 0 Å². The van der Waals surface area contributed by atoms with E-state index in [9.17, 15) is 13.2 Å². The number of anilines is 1. The summed E-state index contributed by atoms with van der Waals surface area (Å²) in [6.45, 7) is 7.50. The summed E-state index contributed by atoms with van der Waals surface area (Å²) in [4.78, 5) is 14.3. The molecule has 0 N–H and O–H groups in total. The Morgan fingerprint density at radius 1 is 1.15 bits per heavy atom. The van der Waals surface area contributed by atoms with Crippen molar-refractivity contribution < 1.29 is 13.2 Å². The molecule has 1 amide bonds. The Hall–Kier alpha value is -0.920. The summed E-state index contributed by atoms with van der Waals surface area (Å²) in [6.07, 6.45) is 4.59. The standard InChI is InChI=1S/C19H29BrN2O3S/c1-4-7-10-21(11-8-5-2)26(24,25)17-14-16(20)13-15-9-12-22(19(15)17)18(23)6-3/h13-14H,4-12H2,1-3H3. The van der Waals surface area contributed by atoms with E-state index in [0.717, 1.165) is 35.7 Å². The lowest BCUT2D eigenvalue weighted by Gasteiger charge is -2.26. The van der Waals surface area contributed by atoms with E-state index in [-0.39, 0.29) is 10.8 Å². The van der Waals surface area contributed by atoms with E-state index in [2.05, 4.69) is 29.8 Å². The molecule has 5 nitrogen and oxygen atoms in total. The zero-order valence-corrected chi connectivity index (χ0v) is 18.3. The first-order valence-electron chi connectivity index (χ1n) is 9.49. The van der Waals surface area contributed by atoms with Crippen LogP contribution in [0, 0.1) is 0 Å². The van der Waals surface area contributed by atoms with E-state index >= 15 is 0 Å². The molecule has 7 heteroatoms. The van der Waals surface area contributed by atoms with Gasteiger partial charge in [0.05, 0.1) is 5.69 Å². The number of unbranched alkanes of at least 4 members (excludes halogenated alkanes) is 2. The predicted molar refractivity (Wildman–Crippen MR) is 109 cm³/mol. The number of carbonyl (C=O) groups excluding carboxylic acids is 1. The zero-order chi connectivity index (χ0) is 19.3. The zero-order valence-electron chi connectivity index (χ0n) is 15.9. The largest absolute Gasteiger partial charge is 0.310 e. The number of hydrogen-bond acceptors (Lipinski definition) is 3. The van der Waals surface area contributed by atoms with Gasteiger partial charge in [0, 0.05) is 30.5 Å². The van der Waals surface area contributed by atoms with E-state index in [0.29, 0.717) is 38.2 Å². The maximum atomic E-state index is 13.5. The second-order valence-electron chi connectivity index (χ2n) is 6.67. The first-order valence-corrected chi connectivity index (χ1v) is 11.7. The molecular weight excluding hydrogens is 416 g/mol. The maximum Gasteiger partial charge on any atom is 0.245 e. The van der Waals surface area contributed by atoms with E-state index in [1.165, 1.54) is 0 Å². The van der Waals surface area contributed by atoms with Gasteiger partial charge >= 0.3 is 0 Å². The summed E-state index contributed by atoms with van der Waals surface area (Å²) in [5.41, 5.74) is 1.50. The molecule has 0 saturated heterocycles. The van der Waals surface area contributed by atoms with Gasteiger partial charge < -0.3 is 4.90 Å². The number of sulfonamides is 1. The molecule has 0 aliphatic carbocycles. The Kier molecular flexibility index (Phi) is 7.67. The van der Waals surface area contributed by atoms with E-state index in [4.69, 9.17) is 0 Å². The molecule has 0 fully saturated rings. The number of benzene rings is 1. The molecular formula is C19H29BrN2O3S. The van der Waals surface area contributed by atoms with Crippen molar-refractivity contribution in [1.29, 1.82) is 0 Å². The first-order chi connectivity index (χ1) is 12.4. The normalized spacial score (nSPS) is 14.1. The molecule has 26 heavy (non-hydrogen) atoms. The minimum Gasteiger partial charge on any atom is -0.310 e. The lowest BCUT2D eigenvalue weighted by Crippen LogP contribution is -2.35. The van der Waals surface area contributed by atoms with Crippen LogP contribution in [0.15, 0.2) is 21.5 Å². The Morgan fingerprint density at radius 2 is 1.77 bits per heavy atom. The highest BCUT2D eigenvalue weighted by Crippen LogP contribution is 2.39. The number of halogens is 1. The summed E-state index contributed by atoms with van der Waals surface area (Å²) in [6, 6.07) is 3.58. The third-order valence-corrected chi connectivity index (χ3v) is 7.11. The molecule has 1 heterocycles. The van der Waals surface area contributed by atoms with Gasteiger partial charge in [-0.3, -0.25) is 4.79 Å². The van der Waals surface area contributed by atoms with Crippen LogP contribution < -0.4 is 4.90 Å². The van der Waals surface area contributed by atoms with Gasteiger partial charge in [0.1, 0.15) is 4.90 Å². The van der Waals surface area contributed by atoms with Gasteiger partial charge in [0.2, 0.25) is 15.9 Å². The van der Waals surface area contributed by atoms with Crippen LogP contribution in [0.5, 0.6) is 0 Å². The van der Waals surface area contributed by atoms with Crippen molar-refractivity contribution in [1.82, 2.24) is 4.31 Å². The third-order valence-electron chi connectivity index (χ3n) is 4.74. The molecule has 1 aromatic rings. The molecule has 0 unspecified atom stereocenters. The fourth-order valence-electron chi connectivity index (χ4n) is 3.27. The smallest absolute Gasteiger partial charge is 0.245 e. The summed E-state index contributed by atoms with van der Waals surface area (Å²) >= 11 is 3.45. The second kappa shape index (κ2) is 9.33. The molecule has 0 saturated carbocycles. The number of fused-ring (bicyclic) bond motifs is 1. The van der Waals surface area contributed by atoms with Crippen LogP contribution in [0.3, 0.4) is 0 Å². The number of amides is 1. The number of carbonyl (C=O) groups is 1. The van der Waals surface area contributed by atoms with Crippen molar-refractivity contribution in [3.63, 3.8) is 0 Å². The van der Waals surface area contributed by atoms with Crippen LogP contribution in [0.4, 0.5) is 5.69 Å². The highest BCUT2D eigenvalue weighted by atomic mass is 79.9. The van der Waals surface area contributed by atoms with Crippen LogP contribution in [0.1, 0.15) is 58.4 Å². The van der Waals surface area contributed by atoms with Gasteiger partial charge in [-0.1, -0.05) is 49.5 Å². The lowest BCUT2D eigenvalue weighted by atomic mass is 10.2. The second-order valence-corrected chi connectivity index (χ2v) is 9.49. The molecule has 1 aliphatic rings. The van der Waals surface area contributed by atoms with E-state index < -0.39 is 10.0 Å². The van der Waals surface area contributed by atoms with Crippen molar-refractivity contribution in [3.05, 3.63) is 22.2 Å². The van der Waals surface area contributed by atoms with Gasteiger partial charge in [-0.05, 0) is 37.0 Å². The fraction of sp³-hybridized carbons (Fsp3) is 0.632. The molecule has 2 rings (SSSR count). The fourth-order valence-corrected chi connectivity index (χ4v) is 5.70. The Morgan fingerprint density at radius 3 is 2.31 bits per heavy atom. The Balaban J connectivity index is 2.52. The summed E-state index contributed by atoms with van der Waals surface area (Å²) in [7, 11) is -3.66. The van der Waals surface area contributed by atoms with Gasteiger partial charge in [-0.25, -0.2) is 8.42 Å². The summed E-state index contributed by atoms with van der Waals surface area (Å²) in [5, 5.41) is 0. The third kappa shape index (κ3) is 4.49. The van der Waals surface area contributed by atoms with Crippen LogP contribution in [-0.2, 0) is 21.2 Å². The number of hydrogen-bond donors (Lipinski definition) is 0. The SMILES string of the molecule is CCCCN(CCCC)S(=O)(=O)c1cc(Br)cc2c1N(C(=O)CC)CC2. The molecule has 0 aromatic heterocycles. The van der Waals surface area contributed by atoms with Crippen LogP contribution in [0.2, 0.25) is 0 Å². The van der Waals surface area contributed by atoms with E-state index in [1.807, 2.05) is 13.0 Å². The minimum atomic E-state index is -3.66. The maximum absolute atomic E-state index is 13.5. The molecule has 0 radical (unpaired) electrons. The van der Waals surface area contributed by atoms with Crippen LogP contribution in [0.25, 0.3) is 0 Å². The monoisotopic (exact) mass is 444 g/mol. The lowest BCUT2D eigenvalue weighted by molar-refractivity contribution is -0.118. The molecule has 0 bridgehead atoms. The summed E-state index contributed by atoms with van der Waals surface area (Å²) in [5.74, 6) is -0.0313. The average molecular weight is 445 g/mol. The Labute approximate surface area is 165 Å². The number of nitrogens with zero attached hydrogens (tertiary/aromatic N) is 2. The van der Waals surface area contributed by atoms with E-state index in [1.54, 1.807) is 15.3 Å². The van der Waals surface area contributed by atoms with Gasteiger partial charge in [-0.15, -0.1) is 0 Å². The topological polar surface area (TPSA) is 57.7 Å². The van der Waals surface area contributed by atoms with Gasteiger partial charge in [0.15, 0.2) is 0 Å². The first kappa shape index (κ1) is 21.4. The number of rotatable bonds is 9. The molecule has 1 aliphatic heterocycles. The summed E-state index contributed by atoms with van der Waals surface area (Å²) < 4.78 is 29.3. The van der Waals surface area contributed by atoms with Gasteiger partial charge in [0.25, 0.3) is 0 Å². The highest BCUT2D eigenvalue weighted by Gasteiger charge is 2.34. The molecule has 1 aromatic carbocycles. The van der Waals surface area contributed by atoms with Gasteiger partial charge in [-0.2, -0.15) is 4.31 Å². The molecule has 0 atom stereocenters. The van der Waals surface area contributed by atoms with Crippen LogP contribution >= 0.6 is 15.9 Å². The minimum absolute atomic E-state index is 0.0313. The molecule has 146 valence electrons. The van der Waals surface area contributed by atoms with Crippen molar-refractivity contribution in [2.45, 2.75) is 64.2 Å². The highest BCUT2D eigenvalue weighted by molar-refractivity contribution is 9.10. The predicted octanol–water partition coefficient (Wildman–Crippen LogP) is 4.34. The van der Waals surface area contributed by atoms with Crippen molar-refractivity contribution >= 4 is 37.5 Å². The van der Waals surface area contributed by atoms with Crippen LogP contribution in [-0.4, -0.2) is 38.3 Å². The van der Waals surface area contributed by atoms with Crippen molar-refractivity contribution in [2.75, 3.05) is 24.5 Å². The quantitative estimate of drug-likeness (QED) is 0.568. The Bertz CT molecular complexity index is 741. The molecule has 0 spiro atoms. The van der Waals surface area contributed by atoms with Crippen molar-refractivity contribution in [2.24, 2.45) is 0 Å².